The van der Waals surface area contributed by atoms with Crippen molar-refractivity contribution in [1.29, 1.82) is 0 Å². The second-order valence-corrected chi connectivity index (χ2v) is 4.60. The smallest absolute Gasteiger partial charge is 0.240 e. The predicted molar refractivity (Wildman–Crippen MR) is 65.7 cm³/mol. The number of rotatable bonds is 4. The van der Waals surface area contributed by atoms with Crippen LogP contribution in [0.4, 0.5) is 5.82 Å². The zero-order chi connectivity index (χ0) is 12.3. The number of pyridine rings is 1. The molecule has 4 nitrogen and oxygen atoms in total. The minimum Gasteiger partial charge on any atom is -0.368 e. The normalized spacial score (nSPS) is 12.6. The van der Waals surface area contributed by atoms with Crippen molar-refractivity contribution in [1.82, 2.24) is 4.98 Å². The van der Waals surface area contributed by atoms with Gasteiger partial charge in [-0.2, -0.15) is 0 Å². The van der Waals surface area contributed by atoms with E-state index in [1.807, 2.05) is 13.8 Å². The van der Waals surface area contributed by atoms with E-state index < -0.39 is 11.9 Å². The maximum Gasteiger partial charge on any atom is 0.240 e. The van der Waals surface area contributed by atoms with E-state index in [1.165, 1.54) is 6.20 Å². The highest BCUT2D eigenvalue weighted by Gasteiger charge is 2.20. The van der Waals surface area contributed by atoms with Gasteiger partial charge in [0.05, 0.1) is 10.0 Å². The number of aromatic nitrogens is 1. The van der Waals surface area contributed by atoms with E-state index in [2.05, 4.69) is 10.3 Å². The maximum absolute atomic E-state index is 11.2. The van der Waals surface area contributed by atoms with Crippen molar-refractivity contribution in [3.05, 3.63) is 22.3 Å². The first-order valence-corrected chi connectivity index (χ1v) is 5.54. The summed E-state index contributed by atoms with van der Waals surface area (Å²) in [5.74, 6) is 0.0115. The Morgan fingerprint density at radius 3 is 2.56 bits per heavy atom. The number of nitrogens with two attached hydrogens (primary N) is 1. The lowest BCUT2D eigenvalue weighted by molar-refractivity contribution is -0.119. The molecule has 1 rings (SSSR count). The van der Waals surface area contributed by atoms with Gasteiger partial charge in [0, 0.05) is 6.20 Å². The minimum atomic E-state index is -0.508. The Morgan fingerprint density at radius 2 is 2.12 bits per heavy atom. The lowest BCUT2D eigenvalue weighted by Crippen LogP contribution is -2.39. The monoisotopic (exact) mass is 261 g/mol. The number of hydrogen-bond acceptors (Lipinski definition) is 3. The third-order valence-corrected chi connectivity index (χ3v) is 2.57. The molecule has 0 radical (unpaired) electrons. The molecule has 0 aliphatic heterocycles. The highest BCUT2D eigenvalue weighted by atomic mass is 35.5. The van der Waals surface area contributed by atoms with Crippen LogP contribution in [0.15, 0.2) is 12.3 Å². The van der Waals surface area contributed by atoms with E-state index in [1.54, 1.807) is 6.07 Å². The average Bonchev–Trinajstić information content (AvgIpc) is 2.15. The Morgan fingerprint density at radius 1 is 1.50 bits per heavy atom. The molecule has 0 saturated carbocycles. The fourth-order valence-electron chi connectivity index (χ4n) is 1.23. The van der Waals surface area contributed by atoms with Crippen molar-refractivity contribution in [3.8, 4) is 0 Å². The van der Waals surface area contributed by atoms with Crippen molar-refractivity contribution in [2.75, 3.05) is 5.32 Å². The predicted octanol–water partition coefficient (Wildman–Crippen LogP) is 2.31. The topological polar surface area (TPSA) is 68.0 Å². The van der Waals surface area contributed by atoms with Crippen LogP contribution < -0.4 is 11.1 Å². The number of halogens is 2. The quantitative estimate of drug-likeness (QED) is 0.874. The van der Waals surface area contributed by atoms with Crippen molar-refractivity contribution in [2.45, 2.75) is 19.9 Å². The molecule has 88 valence electrons. The summed E-state index contributed by atoms with van der Waals surface area (Å²) in [6.07, 6.45) is 1.45. The van der Waals surface area contributed by atoms with E-state index in [9.17, 15) is 4.79 Å². The summed E-state index contributed by atoms with van der Waals surface area (Å²) in [7, 11) is 0. The largest absolute Gasteiger partial charge is 0.368 e. The van der Waals surface area contributed by atoms with Crippen molar-refractivity contribution >= 4 is 34.9 Å². The number of hydrogen-bond donors (Lipinski definition) is 2. The Balaban J connectivity index is 2.90. The second-order valence-electron chi connectivity index (χ2n) is 3.75. The number of amides is 1. The average molecular weight is 262 g/mol. The first-order valence-electron chi connectivity index (χ1n) is 4.78. The summed E-state index contributed by atoms with van der Waals surface area (Å²) < 4.78 is 0. The number of carbonyl (C=O) groups excluding carboxylic acids is 1. The molecule has 1 amide bonds. The first-order chi connectivity index (χ1) is 7.41. The number of carbonyl (C=O) groups is 1. The SMILES string of the molecule is CC(C)C(Nc1ncc(Cl)cc1Cl)C(N)=O. The minimum absolute atomic E-state index is 0.0473. The van der Waals surface area contributed by atoms with Gasteiger partial charge in [-0.05, 0) is 12.0 Å². The van der Waals surface area contributed by atoms with Crippen LogP contribution in [-0.4, -0.2) is 16.9 Å². The summed E-state index contributed by atoms with van der Waals surface area (Å²) in [6, 6.07) is 1.04. The molecule has 0 spiro atoms. The van der Waals surface area contributed by atoms with Gasteiger partial charge >= 0.3 is 0 Å². The molecule has 0 saturated heterocycles. The Bertz CT molecular complexity index is 396. The Hall–Kier alpha value is -1.00. The summed E-state index contributed by atoms with van der Waals surface area (Å²) in [5.41, 5.74) is 5.27. The molecule has 3 N–H and O–H groups in total. The summed E-state index contributed by atoms with van der Waals surface area (Å²) in [5, 5.41) is 3.70. The van der Waals surface area contributed by atoms with Gasteiger partial charge < -0.3 is 11.1 Å². The third kappa shape index (κ3) is 3.25. The summed E-state index contributed by atoms with van der Waals surface area (Å²) in [4.78, 5) is 15.2. The van der Waals surface area contributed by atoms with Gasteiger partial charge in [0.1, 0.15) is 11.9 Å². The van der Waals surface area contributed by atoms with Crippen molar-refractivity contribution < 1.29 is 4.79 Å². The molecule has 6 heteroatoms. The van der Waals surface area contributed by atoms with Gasteiger partial charge in [0.15, 0.2) is 0 Å². The highest BCUT2D eigenvalue weighted by molar-refractivity contribution is 6.36. The Kier molecular flexibility index (Phi) is 4.38. The number of nitrogens with zero attached hydrogens (tertiary/aromatic N) is 1. The van der Waals surface area contributed by atoms with Crippen LogP contribution >= 0.6 is 23.2 Å². The molecule has 0 fully saturated rings. The lowest BCUT2D eigenvalue weighted by atomic mass is 10.0. The van der Waals surface area contributed by atoms with E-state index in [-0.39, 0.29) is 5.92 Å². The van der Waals surface area contributed by atoms with Crippen molar-refractivity contribution in [3.63, 3.8) is 0 Å². The van der Waals surface area contributed by atoms with E-state index >= 15 is 0 Å². The lowest BCUT2D eigenvalue weighted by Gasteiger charge is -2.20. The second kappa shape index (κ2) is 5.37. The van der Waals surface area contributed by atoms with Gasteiger partial charge in [-0.3, -0.25) is 4.79 Å². The molecular formula is C10H13Cl2N3O. The molecule has 1 aromatic rings. The number of anilines is 1. The summed E-state index contributed by atoms with van der Waals surface area (Å²) in [6.45, 7) is 3.76. The third-order valence-electron chi connectivity index (χ3n) is 2.07. The van der Waals surface area contributed by atoms with Crippen LogP contribution in [0.5, 0.6) is 0 Å². The fraction of sp³-hybridized carbons (Fsp3) is 0.400. The Labute approximate surface area is 104 Å². The van der Waals surface area contributed by atoms with E-state index in [0.29, 0.717) is 15.9 Å². The van der Waals surface area contributed by atoms with Crippen LogP contribution in [0.1, 0.15) is 13.8 Å². The van der Waals surface area contributed by atoms with Crippen LogP contribution in [0.3, 0.4) is 0 Å². The van der Waals surface area contributed by atoms with Crippen LogP contribution in [0, 0.1) is 5.92 Å². The number of nitrogens with one attached hydrogen (secondary N) is 1. The van der Waals surface area contributed by atoms with Gasteiger partial charge in [-0.25, -0.2) is 4.98 Å². The molecule has 1 heterocycles. The molecular weight excluding hydrogens is 249 g/mol. The van der Waals surface area contributed by atoms with Crippen LogP contribution in [0.2, 0.25) is 10.0 Å². The molecule has 0 aliphatic rings. The molecule has 16 heavy (non-hydrogen) atoms. The fourth-order valence-corrected chi connectivity index (χ4v) is 1.67. The number of primary amides is 1. The van der Waals surface area contributed by atoms with Gasteiger partial charge in [-0.15, -0.1) is 0 Å². The molecule has 0 aliphatic carbocycles. The van der Waals surface area contributed by atoms with Gasteiger partial charge in [0.2, 0.25) is 5.91 Å². The highest BCUT2D eigenvalue weighted by Crippen LogP contribution is 2.23. The zero-order valence-corrected chi connectivity index (χ0v) is 10.5. The molecule has 1 aromatic heterocycles. The molecule has 0 aromatic carbocycles. The summed E-state index contributed by atoms with van der Waals surface area (Å²) >= 11 is 11.6. The standard InChI is InChI=1S/C10H13Cl2N3O/c1-5(2)8(9(13)16)15-10-7(12)3-6(11)4-14-10/h3-5,8H,1-2H3,(H2,13,16)(H,14,15). The van der Waals surface area contributed by atoms with E-state index in [0.717, 1.165) is 0 Å². The molecule has 1 atom stereocenters. The molecule has 0 bridgehead atoms. The van der Waals surface area contributed by atoms with Crippen LogP contribution in [0.25, 0.3) is 0 Å². The molecule has 1 unspecified atom stereocenters. The van der Waals surface area contributed by atoms with Gasteiger partial charge in [-0.1, -0.05) is 37.0 Å². The van der Waals surface area contributed by atoms with Crippen molar-refractivity contribution in [2.24, 2.45) is 11.7 Å². The van der Waals surface area contributed by atoms with Crippen LogP contribution in [-0.2, 0) is 4.79 Å². The maximum atomic E-state index is 11.2. The van der Waals surface area contributed by atoms with E-state index in [4.69, 9.17) is 28.9 Å². The van der Waals surface area contributed by atoms with Gasteiger partial charge in [0.25, 0.3) is 0 Å². The first kappa shape index (κ1) is 13.1. The zero-order valence-electron chi connectivity index (χ0n) is 9.00.